The zero-order valence-corrected chi connectivity index (χ0v) is 13.5. The highest BCUT2D eigenvalue weighted by molar-refractivity contribution is 8.69. The third-order valence-electron chi connectivity index (χ3n) is 1.74. The lowest BCUT2D eigenvalue weighted by Crippen LogP contribution is -2.14. The van der Waals surface area contributed by atoms with Gasteiger partial charge in [-0.2, -0.15) is 0 Å². The highest BCUT2D eigenvalue weighted by Crippen LogP contribution is 3.00. The normalized spacial score (nSPS) is 15.2. The van der Waals surface area contributed by atoms with Gasteiger partial charge in [0.2, 0.25) is 7.30 Å². The van der Waals surface area contributed by atoms with E-state index in [0.29, 0.717) is 5.16 Å². The van der Waals surface area contributed by atoms with Crippen molar-refractivity contribution in [3.8, 4) is 0 Å². The molecule has 0 rings (SSSR count). The quantitative estimate of drug-likeness (QED) is 0.601. The predicted molar refractivity (Wildman–Crippen MR) is 76.1 cm³/mol. The molecule has 0 amide bonds. The Morgan fingerprint density at radius 3 is 0.923 bits per heavy atom. The second-order valence-corrected chi connectivity index (χ2v) is 26.6. The molecule has 0 nitrogen and oxygen atoms in total. The van der Waals surface area contributed by atoms with E-state index in [-0.39, 0.29) is 7.30 Å². The van der Waals surface area contributed by atoms with E-state index < -0.39 is 13.9 Å². The SMILES string of the molecule is CC(C)(C)P([P+](C)(C)C)[P+](C)(C)C. The van der Waals surface area contributed by atoms with Gasteiger partial charge in [-0.05, 0) is 20.8 Å². The second kappa shape index (κ2) is 4.04. The van der Waals surface area contributed by atoms with Gasteiger partial charge in [-0.3, -0.25) is 0 Å². The highest BCUT2D eigenvalue weighted by atomic mass is 32.5. The van der Waals surface area contributed by atoms with Gasteiger partial charge < -0.3 is 0 Å². The summed E-state index contributed by atoms with van der Waals surface area (Å²) in [5.41, 5.74) is 0. The third kappa shape index (κ3) is 4.55. The fraction of sp³-hybridized carbons (Fsp3) is 1.00. The Labute approximate surface area is 87.5 Å². The molecule has 0 aromatic rings. The van der Waals surface area contributed by atoms with Crippen molar-refractivity contribution in [2.75, 3.05) is 40.0 Å². The summed E-state index contributed by atoms with van der Waals surface area (Å²) in [6.07, 6.45) is 0. The Balaban J connectivity index is 5.02. The Morgan fingerprint density at radius 1 is 0.692 bits per heavy atom. The molecule has 0 aliphatic rings. The average molecular weight is 240 g/mol. The van der Waals surface area contributed by atoms with Gasteiger partial charge in [0, 0.05) is 0 Å². The summed E-state index contributed by atoms with van der Waals surface area (Å²) in [5.74, 6) is 0. The topological polar surface area (TPSA) is 0 Å². The highest BCUT2D eigenvalue weighted by Gasteiger charge is 2.55. The number of hydrogen-bond acceptors (Lipinski definition) is 0. The van der Waals surface area contributed by atoms with Crippen LogP contribution in [0.2, 0.25) is 0 Å². The largest absolute Gasteiger partial charge is 0.212 e. The third-order valence-corrected chi connectivity index (χ3v) is 25.3. The van der Waals surface area contributed by atoms with E-state index in [4.69, 9.17) is 0 Å². The van der Waals surface area contributed by atoms with E-state index in [0.717, 1.165) is 0 Å². The molecule has 0 aliphatic heterocycles. The molecule has 0 atom stereocenters. The standard InChI is InChI=1S/C10H27P3/c1-10(2,3)11(12(4,5)6)13(7,8)9/h1-9H3/q+2. The number of rotatable bonds is 2. The van der Waals surface area contributed by atoms with E-state index in [1.165, 1.54) is 0 Å². The molecule has 0 spiro atoms. The molecule has 0 saturated heterocycles. The average Bonchev–Trinajstić information content (AvgIpc) is 1.44. The van der Waals surface area contributed by atoms with Crippen molar-refractivity contribution >= 4 is 21.2 Å². The molecule has 3 heteroatoms. The van der Waals surface area contributed by atoms with Crippen LogP contribution in [0.25, 0.3) is 0 Å². The molecule has 0 aromatic heterocycles. The molecule has 0 N–H and O–H groups in total. The van der Waals surface area contributed by atoms with Gasteiger partial charge in [0.25, 0.3) is 0 Å². The minimum atomic E-state index is -0.655. The summed E-state index contributed by atoms with van der Waals surface area (Å²) >= 11 is 0. The lowest BCUT2D eigenvalue weighted by molar-refractivity contribution is 0.798. The van der Waals surface area contributed by atoms with Crippen molar-refractivity contribution in [1.82, 2.24) is 0 Å². The first kappa shape index (κ1) is 14.3. The van der Waals surface area contributed by atoms with E-state index >= 15 is 0 Å². The van der Waals surface area contributed by atoms with Crippen LogP contribution in [0.15, 0.2) is 0 Å². The van der Waals surface area contributed by atoms with Gasteiger partial charge in [-0.15, -0.1) is 0 Å². The van der Waals surface area contributed by atoms with Gasteiger partial charge >= 0.3 is 0 Å². The van der Waals surface area contributed by atoms with Crippen molar-refractivity contribution < 1.29 is 0 Å². The molecule has 0 heterocycles. The molecule has 13 heavy (non-hydrogen) atoms. The summed E-state index contributed by atoms with van der Waals surface area (Å²) in [7, 11) is 0.238. The molecule has 0 fully saturated rings. The maximum Gasteiger partial charge on any atom is 0.212 e. The fourth-order valence-corrected chi connectivity index (χ4v) is 37.9. The fourth-order valence-electron chi connectivity index (χ4n) is 2.60. The summed E-state index contributed by atoms with van der Waals surface area (Å²) in [6, 6.07) is 0. The van der Waals surface area contributed by atoms with Crippen molar-refractivity contribution in [3.63, 3.8) is 0 Å². The Kier molecular flexibility index (Phi) is 4.44. The van der Waals surface area contributed by atoms with Crippen LogP contribution in [0.4, 0.5) is 0 Å². The van der Waals surface area contributed by atoms with Crippen molar-refractivity contribution in [2.24, 2.45) is 0 Å². The molecule has 0 saturated carbocycles. The van der Waals surface area contributed by atoms with Crippen molar-refractivity contribution in [3.05, 3.63) is 0 Å². The molecule has 0 radical (unpaired) electrons. The minimum Gasteiger partial charge on any atom is -0.0492 e. The van der Waals surface area contributed by atoms with Crippen LogP contribution in [0.5, 0.6) is 0 Å². The van der Waals surface area contributed by atoms with Gasteiger partial charge in [0.05, 0.1) is 59.0 Å². The lowest BCUT2D eigenvalue weighted by Gasteiger charge is -2.36. The maximum atomic E-state index is 2.52. The summed E-state index contributed by atoms with van der Waals surface area (Å²) in [4.78, 5) is 0. The van der Waals surface area contributed by atoms with E-state index in [9.17, 15) is 0 Å². The van der Waals surface area contributed by atoms with Gasteiger partial charge in [0.15, 0.2) is 0 Å². The Morgan fingerprint density at radius 2 is 0.923 bits per heavy atom. The van der Waals surface area contributed by atoms with Crippen LogP contribution in [0.1, 0.15) is 20.8 Å². The smallest absolute Gasteiger partial charge is 0.0492 e. The summed E-state index contributed by atoms with van der Waals surface area (Å²) in [6.45, 7) is 21.1. The molecule has 0 bridgehead atoms. The second-order valence-electron chi connectivity index (χ2n) is 6.34. The predicted octanol–water partition coefficient (Wildman–Crippen LogP) is 4.91. The molecular formula is C10H27P3+2. The Hall–Kier alpha value is 1.29. The summed E-state index contributed by atoms with van der Waals surface area (Å²) < 4.78 is 0. The van der Waals surface area contributed by atoms with Crippen LogP contribution in [-0.2, 0) is 0 Å². The van der Waals surface area contributed by atoms with Crippen molar-refractivity contribution in [2.45, 2.75) is 25.9 Å². The van der Waals surface area contributed by atoms with E-state index in [1.807, 2.05) is 0 Å². The molecular weight excluding hydrogens is 213 g/mol. The van der Waals surface area contributed by atoms with Crippen LogP contribution < -0.4 is 0 Å². The maximum absolute atomic E-state index is 2.52. The van der Waals surface area contributed by atoms with E-state index in [1.54, 1.807) is 0 Å². The number of hydrogen-bond donors (Lipinski definition) is 0. The van der Waals surface area contributed by atoms with Gasteiger partial charge in [-0.1, -0.05) is 0 Å². The van der Waals surface area contributed by atoms with Crippen molar-refractivity contribution in [1.29, 1.82) is 0 Å². The first-order chi connectivity index (χ1) is 5.37. The minimum absolute atomic E-state index is 0.238. The van der Waals surface area contributed by atoms with Crippen LogP contribution in [0, 0.1) is 0 Å². The zero-order chi connectivity index (χ0) is 11.1. The first-order valence-corrected chi connectivity index (χ1v) is 13.8. The molecule has 80 valence electrons. The van der Waals surface area contributed by atoms with Crippen LogP contribution >= 0.6 is 21.2 Å². The van der Waals surface area contributed by atoms with Crippen LogP contribution in [0.3, 0.4) is 0 Å². The lowest BCUT2D eigenvalue weighted by atomic mass is 10.3. The monoisotopic (exact) mass is 240 g/mol. The molecule has 0 aromatic carbocycles. The van der Waals surface area contributed by atoms with Gasteiger partial charge in [0.1, 0.15) is 0 Å². The van der Waals surface area contributed by atoms with Gasteiger partial charge in [-0.25, -0.2) is 0 Å². The van der Waals surface area contributed by atoms with Crippen LogP contribution in [-0.4, -0.2) is 45.1 Å². The molecule has 0 aliphatic carbocycles. The first-order valence-electron chi connectivity index (χ1n) is 4.81. The van der Waals surface area contributed by atoms with E-state index in [2.05, 4.69) is 60.8 Å². The zero-order valence-electron chi connectivity index (χ0n) is 10.8. The summed E-state index contributed by atoms with van der Waals surface area (Å²) in [5, 5.41) is 0.549. The molecule has 0 unspecified atom stereocenters. The Bertz CT molecular complexity index is 133.